The van der Waals surface area contributed by atoms with Crippen molar-refractivity contribution in [1.82, 2.24) is 4.57 Å². The summed E-state index contributed by atoms with van der Waals surface area (Å²) in [5.41, 5.74) is 13.5. The summed E-state index contributed by atoms with van der Waals surface area (Å²) in [5.74, 6) is 0. The first kappa shape index (κ1) is 33.0. The first-order chi connectivity index (χ1) is 28.8. The van der Waals surface area contributed by atoms with E-state index in [1.165, 1.54) is 47.3 Å². The molecule has 0 bridgehead atoms. The second-order valence-electron chi connectivity index (χ2n) is 15.1. The van der Waals surface area contributed by atoms with Crippen molar-refractivity contribution in [3.8, 4) is 27.9 Å². The van der Waals surface area contributed by atoms with Gasteiger partial charge in [0.1, 0.15) is 11.2 Å². The third kappa shape index (κ3) is 5.12. The van der Waals surface area contributed by atoms with Crippen LogP contribution < -0.4 is 14.7 Å². The second-order valence-corrected chi connectivity index (χ2v) is 16.2. The zero-order valence-electron chi connectivity index (χ0n) is 31.6. The van der Waals surface area contributed by atoms with Crippen molar-refractivity contribution in [1.29, 1.82) is 0 Å². The monoisotopic (exact) mass is 760 g/mol. The number of furan rings is 1. The molecule has 274 valence electrons. The fourth-order valence-corrected chi connectivity index (χ4v) is 10.5. The normalized spacial score (nSPS) is 12.8. The Labute approximate surface area is 339 Å². The van der Waals surface area contributed by atoms with Crippen LogP contribution in [0.3, 0.4) is 0 Å². The first-order valence-corrected chi connectivity index (χ1v) is 20.8. The zero-order valence-corrected chi connectivity index (χ0v) is 32.4. The topological polar surface area (TPSA) is 21.3 Å². The maximum absolute atomic E-state index is 6.83. The molecule has 0 spiro atoms. The second kappa shape index (κ2) is 13.2. The van der Waals surface area contributed by atoms with Gasteiger partial charge in [-0.3, -0.25) is 0 Å². The van der Waals surface area contributed by atoms with E-state index in [0.29, 0.717) is 0 Å². The van der Waals surface area contributed by atoms with Crippen LogP contribution in [0, 0.1) is 0 Å². The van der Waals surface area contributed by atoms with Gasteiger partial charge in [-0.05, 0) is 77.7 Å². The van der Waals surface area contributed by atoms with E-state index in [-0.39, 0.29) is 0 Å². The molecule has 3 aromatic heterocycles. The lowest BCUT2D eigenvalue weighted by atomic mass is 9.99. The summed E-state index contributed by atoms with van der Waals surface area (Å²) in [4.78, 5) is 2.52. The lowest BCUT2D eigenvalue weighted by Gasteiger charge is -2.29. The van der Waals surface area contributed by atoms with Gasteiger partial charge in [0, 0.05) is 65.5 Å². The summed E-state index contributed by atoms with van der Waals surface area (Å²) < 4.78 is 11.9. The highest BCUT2D eigenvalue weighted by Gasteiger charge is 2.23. The van der Waals surface area contributed by atoms with Crippen LogP contribution in [0.1, 0.15) is 12.8 Å². The summed E-state index contributed by atoms with van der Waals surface area (Å²) in [7, 11) is 0. The molecular weight excluding hydrogens is 725 g/mol. The average Bonchev–Trinajstić information content (AvgIpc) is 3.97. The lowest BCUT2D eigenvalue weighted by Crippen LogP contribution is -2.31. The van der Waals surface area contributed by atoms with Crippen molar-refractivity contribution in [2.45, 2.75) is 12.8 Å². The highest BCUT2D eigenvalue weighted by Crippen LogP contribution is 2.42. The summed E-state index contributed by atoms with van der Waals surface area (Å²) in [5, 5.41) is 7.46. The molecule has 3 heterocycles. The number of fused-ring (bicyclic) bond motifs is 9. The largest absolute Gasteiger partial charge is 0.455 e. The SMILES string of the molecule is C1=c2c(sc3ccccc23)=C(N(c2ccc(-c3cccc4c3oc3c(-c5ccccc5)cccc34)cc2)c2ccc3c4ccccc4n(-c4ccccc4)c3c2)CC1. The minimum absolute atomic E-state index is 0.914. The van der Waals surface area contributed by atoms with E-state index >= 15 is 0 Å². The van der Waals surface area contributed by atoms with Gasteiger partial charge < -0.3 is 13.9 Å². The molecular formula is C54H36N2OS. The van der Waals surface area contributed by atoms with Crippen molar-refractivity contribution in [3.63, 3.8) is 0 Å². The van der Waals surface area contributed by atoms with Crippen LogP contribution in [-0.2, 0) is 0 Å². The van der Waals surface area contributed by atoms with Crippen LogP contribution in [0.5, 0.6) is 0 Å². The highest BCUT2D eigenvalue weighted by molar-refractivity contribution is 7.17. The summed E-state index contributed by atoms with van der Waals surface area (Å²) >= 11 is 1.91. The third-order valence-corrected chi connectivity index (χ3v) is 13.1. The van der Waals surface area contributed by atoms with Crippen LogP contribution in [0.15, 0.2) is 192 Å². The number of rotatable bonds is 6. The maximum atomic E-state index is 6.83. The predicted octanol–water partition coefficient (Wildman–Crippen LogP) is 13.8. The average molecular weight is 761 g/mol. The third-order valence-electron chi connectivity index (χ3n) is 11.9. The number of benzene rings is 8. The minimum Gasteiger partial charge on any atom is -0.455 e. The van der Waals surface area contributed by atoms with E-state index in [1.807, 2.05) is 11.3 Å². The molecule has 1 aliphatic rings. The van der Waals surface area contributed by atoms with Crippen LogP contribution in [-0.4, -0.2) is 4.57 Å². The fourth-order valence-electron chi connectivity index (χ4n) is 9.26. The lowest BCUT2D eigenvalue weighted by molar-refractivity contribution is 0.671. The molecule has 0 amide bonds. The molecule has 12 rings (SSSR count). The Morgan fingerprint density at radius 1 is 0.483 bits per heavy atom. The van der Waals surface area contributed by atoms with Gasteiger partial charge in [0.05, 0.1) is 15.6 Å². The van der Waals surface area contributed by atoms with E-state index < -0.39 is 0 Å². The fraction of sp³-hybridized carbons (Fsp3) is 0.0370. The number of anilines is 2. The zero-order chi connectivity index (χ0) is 38.2. The molecule has 0 atom stereocenters. The number of hydrogen-bond acceptors (Lipinski definition) is 3. The summed E-state index contributed by atoms with van der Waals surface area (Å²) in [6, 6.07) is 68.0. The molecule has 0 radical (unpaired) electrons. The van der Waals surface area contributed by atoms with Crippen molar-refractivity contribution < 1.29 is 4.42 Å². The first-order valence-electron chi connectivity index (χ1n) is 20.0. The van der Waals surface area contributed by atoms with E-state index in [9.17, 15) is 0 Å². The van der Waals surface area contributed by atoms with Crippen LogP contribution in [0.25, 0.3) is 93.5 Å². The molecule has 4 heteroatoms. The molecule has 0 fully saturated rings. The van der Waals surface area contributed by atoms with E-state index in [4.69, 9.17) is 4.42 Å². The molecule has 0 saturated carbocycles. The molecule has 1 aliphatic carbocycles. The number of hydrogen-bond donors (Lipinski definition) is 0. The van der Waals surface area contributed by atoms with Gasteiger partial charge in [-0.15, -0.1) is 11.3 Å². The Bertz CT molecular complexity index is 3500. The van der Waals surface area contributed by atoms with Gasteiger partial charge in [0.2, 0.25) is 0 Å². The molecule has 0 unspecified atom stereocenters. The number of aromatic nitrogens is 1. The Kier molecular flexibility index (Phi) is 7.54. The van der Waals surface area contributed by atoms with E-state index in [1.54, 1.807) is 0 Å². The van der Waals surface area contributed by atoms with E-state index in [0.717, 1.165) is 74.1 Å². The predicted molar refractivity (Wildman–Crippen MR) is 246 cm³/mol. The number of para-hydroxylation sites is 4. The molecule has 58 heavy (non-hydrogen) atoms. The van der Waals surface area contributed by atoms with Gasteiger partial charge in [-0.2, -0.15) is 0 Å². The maximum Gasteiger partial charge on any atom is 0.143 e. The van der Waals surface area contributed by atoms with Gasteiger partial charge in [0.25, 0.3) is 0 Å². The van der Waals surface area contributed by atoms with Crippen LogP contribution in [0.2, 0.25) is 0 Å². The molecule has 11 aromatic rings. The van der Waals surface area contributed by atoms with Crippen molar-refractivity contribution in [2.24, 2.45) is 0 Å². The molecule has 0 N–H and O–H groups in total. The molecule has 3 nitrogen and oxygen atoms in total. The van der Waals surface area contributed by atoms with Crippen LogP contribution >= 0.6 is 11.3 Å². The Morgan fingerprint density at radius 3 is 1.84 bits per heavy atom. The Hall–Kier alpha value is -7.14. The quantitative estimate of drug-likeness (QED) is 0.168. The van der Waals surface area contributed by atoms with Gasteiger partial charge in [0.15, 0.2) is 0 Å². The van der Waals surface area contributed by atoms with E-state index in [2.05, 4.69) is 204 Å². The number of nitrogens with zero attached hydrogens (tertiary/aromatic N) is 2. The van der Waals surface area contributed by atoms with Gasteiger partial charge in [-0.1, -0.05) is 146 Å². The van der Waals surface area contributed by atoms with Crippen molar-refractivity contribution >= 4 is 88.3 Å². The molecule has 8 aromatic carbocycles. The van der Waals surface area contributed by atoms with Crippen LogP contribution in [0.4, 0.5) is 11.4 Å². The Morgan fingerprint density at radius 2 is 1.09 bits per heavy atom. The molecule has 0 aliphatic heterocycles. The standard InChI is InChI=1S/C54H36N2OS/c1-3-14-35(15-4-1)40-20-11-22-45-46-23-12-21-41(53(46)57-52(40)45)36-28-30-38(31-29-36)55(49-26-13-24-47-44-19-8-10-27-51(44)58-54(47)49)39-32-33-43-42-18-7-9-25-48(42)56(50(43)34-39)37-16-5-2-6-17-37/h1-12,14-25,27-34H,13,26H2. The van der Waals surface area contributed by atoms with Gasteiger partial charge >= 0.3 is 0 Å². The molecule has 0 saturated heterocycles. The van der Waals surface area contributed by atoms with Crippen molar-refractivity contribution in [2.75, 3.05) is 4.90 Å². The highest BCUT2D eigenvalue weighted by atomic mass is 32.1. The van der Waals surface area contributed by atoms with Gasteiger partial charge in [-0.25, -0.2) is 0 Å². The number of thiophene rings is 1. The van der Waals surface area contributed by atoms with Crippen molar-refractivity contribution in [3.05, 3.63) is 198 Å². The minimum atomic E-state index is 0.914. The smallest absolute Gasteiger partial charge is 0.143 e. The Balaban J connectivity index is 1.06. The summed E-state index contributed by atoms with van der Waals surface area (Å²) in [6.45, 7) is 0. The summed E-state index contributed by atoms with van der Waals surface area (Å²) in [6.07, 6.45) is 4.37.